The lowest BCUT2D eigenvalue weighted by molar-refractivity contribution is 0.0680. The van der Waals surface area contributed by atoms with Gasteiger partial charge in [0, 0.05) is 29.1 Å². The first-order valence-electron chi connectivity index (χ1n) is 13.5. The molecular weight excluding hydrogens is 508 g/mol. The molecule has 2 atom stereocenters. The van der Waals surface area contributed by atoms with Crippen molar-refractivity contribution in [3.8, 4) is 0 Å². The molecule has 0 radical (unpaired) electrons. The first-order valence-corrected chi connectivity index (χ1v) is 13.5. The Bertz CT molecular complexity index is 1630. The van der Waals surface area contributed by atoms with E-state index in [4.69, 9.17) is 4.74 Å². The van der Waals surface area contributed by atoms with E-state index >= 15 is 0 Å². The van der Waals surface area contributed by atoms with Gasteiger partial charge >= 0.3 is 6.09 Å². The summed E-state index contributed by atoms with van der Waals surface area (Å²) in [5, 5.41) is 28.9. The molecule has 4 N–H and O–H groups in total. The highest BCUT2D eigenvalue weighted by atomic mass is 16.6. The van der Waals surface area contributed by atoms with Gasteiger partial charge in [-0.2, -0.15) is 10.2 Å². The molecule has 0 bridgehead atoms. The molecule has 40 heavy (non-hydrogen) atoms. The molecule has 5 aromatic rings. The zero-order valence-corrected chi connectivity index (χ0v) is 22.2. The summed E-state index contributed by atoms with van der Waals surface area (Å²) in [6, 6.07) is 16.3. The molecule has 6 rings (SSSR count). The van der Waals surface area contributed by atoms with Crippen LogP contribution in [0.3, 0.4) is 0 Å². The Balaban J connectivity index is 1.21. The SMILES string of the molecule is CCc1c(NC(=O)OC2CCN[C@H](CO)C2)cn2ncnc(Nc3ccc4c(cnn4Cc4ccccc4)c3)c12. The van der Waals surface area contributed by atoms with E-state index in [-0.39, 0.29) is 18.8 Å². The van der Waals surface area contributed by atoms with Crippen molar-refractivity contribution >= 4 is 39.7 Å². The summed E-state index contributed by atoms with van der Waals surface area (Å²) in [7, 11) is 0. The Labute approximate surface area is 231 Å². The van der Waals surface area contributed by atoms with Crippen molar-refractivity contribution in [2.45, 2.75) is 44.9 Å². The molecule has 4 heterocycles. The van der Waals surface area contributed by atoms with Crippen LogP contribution in [-0.2, 0) is 17.7 Å². The van der Waals surface area contributed by atoms with Crippen molar-refractivity contribution in [2.24, 2.45) is 0 Å². The topological polar surface area (TPSA) is 131 Å². The van der Waals surface area contributed by atoms with Crippen LogP contribution in [0.25, 0.3) is 16.4 Å². The first-order chi connectivity index (χ1) is 19.6. The number of carbonyl (C=O) groups is 1. The van der Waals surface area contributed by atoms with Gasteiger partial charge in [0.1, 0.15) is 17.9 Å². The number of aliphatic hydroxyl groups excluding tert-OH is 1. The molecular formula is C29H32N8O3. The summed E-state index contributed by atoms with van der Waals surface area (Å²) in [6.07, 6.45) is 6.30. The lowest BCUT2D eigenvalue weighted by atomic mass is 10.0. The number of benzene rings is 2. The number of nitrogens with one attached hydrogen (secondary N) is 3. The number of fused-ring (bicyclic) bond motifs is 2. The van der Waals surface area contributed by atoms with Gasteiger partial charge in [0.2, 0.25) is 0 Å². The number of aryl methyl sites for hydroxylation is 1. The highest BCUT2D eigenvalue weighted by Gasteiger charge is 2.25. The monoisotopic (exact) mass is 540 g/mol. The fourth-order valence-electron chi connectivity index (χ4n) is 5.32. The lowest BCUT2D eigenvalue weighted by Gasteiger charge is -2.28. The fraction of sp³-hybridized carbons (Fsp3) is 0.310. The standard InChI is InChI=1S/C29H32N8O3/c1-2-24-25(35-29(39)40-23-10-11-30-22(13-23)17-38)16-37-27(24)28(31-18-33-37)34-21-8-9-26-20(12-21)14-32-36(26)15-19-6-4-3-5-7-19/h3-9,12,14,16,18,22-23,30,38H,2,10-11,13,15,17H2,1H3,(H,35,39)(H,31,33,34)/t22-,23?/m0/s1. The predicted octanol–water partition coefficient (Wildman–Crippen LogP) is 4.09. The van der Waals surface area contributed by atoms with Crippen molar-refractivity contribution in [1.29, 1.82) is 0 Å². The number of aliphatic hydroxyl groups is 1. The maximum atomic E-state index is 12.8. The minimum Gasteiger partial charge on any atom is -0.446 e. The quantitative estimate of drug-likeness (QED) is 0.232. The molecule has 0 saturated carbocycles. The van der Waals surface area contributed by atoms with Gasteiger partial charge in [0.15, 0.2) is 5.82 Å². The van der Waals surface area contributed by atoms with E-state index in [9.17, 15) is 9.90 Å². The highest BCUT2D eigenvalue weighted by molar-refractivity contribution is 5.91. The van der Waals surface area contributed by atoms with Crippen molar-refractivity contribution in [2.75, 3.05) is 23.8 Å². The second-order valence-corrected chi connectivity index (χ2v) is 9.97. The van der Waals surface area contributed by atoms with Crippen LogP contribution in [0.15, 0.2) is 67.3 Å². The van der Waals surface area contributed by atoms with Crippen LogP contribution in [0.5, 0.6) is 0 Å². The van der Waals surface area contributed by atoms with Gasteiger partial charge < -0.3 is 20.5 Å². The lowest BCUT2D eigenvalue weighted by Crippen LogP contribution is -2.44. The normalized spacial score (nSPS) is 17.2. The molecule has 11 nitrogen and oxygen atoms in total. The van der Waals surface area contributed by atoms with Crippen LogP contribution in [-0.4, -0.2) is 60.9 Å². The maximum absolute atomic E-state index is 12.8. The molecule has 0 aliphatic carbocycles. The van der Waals surface area contributed by atoms with Crippen molar-refractivity contribution in [3.05, 3.63) is 78.4 Å². The number of aromatic nitrogens is 5. The van der Waals surface area contributed by atoms with Crippen LogP contribution < -0.4 is 16.0 Å². The molecule has 1 aliphatic rings. The number of hydrogen-bond acceptors (Lipinski definition) is 8. The van der Waals surface area contributed by atoms with Crippen molar-refractivity contribution in [1.82, 2.24) is 29.7 Å². The summed E-state index contributed by atoms with van der Waals surface area (Å²) in [5.74, 6) is 0.633. The molecule has 3 aromatic heterocycles. The number of anilines is 3. The summed E-state index contributed by atoms with van der Waals surface area (Å²) < 4.78 is 9.36. The number of ether oxygens (including phenoxy) is 1. The fourth-order valence-corrected chi connectivity index (χ4v) is 5.32. The average Bonchev–Trinajstić information content (AvgIpc) is 3.54. The molecule has 0 spiro atoms. The first kappa shape index (κ1) is 25.8. The highest BCUT2D eigenvalue weighted by Crippen LogP contribution is 2.31. The van der Waals surface area contributed by atoms with E-state index in [1.807, 2.05) is 48.1 Å². The third-order valence-corrected chi connectivity index (χ3v) is 7.29. The predicted molar refractivity (Wildman–Crippen MR) is 153 cm³/mol. The minimum atomic E-state index is -0.519. The van der Waals surface area contributed by atoms with Gasteiger partial charge in [0.25, 0.3) is 0 Å². The zero-order valence-electron chi connectivity index (χ0n) is 22.2. The third-order valence-electron chi connectivity index (χ3n) is 7.29. The number of amides is 1. The van der Waals surface area contributed by atoms with E-state index < -0.39 is 6.09 Å². The molecule has 1 saturated heterocycles. The Morgan fingerprint density at radius 1 is 1.20 bits per heavy atom. The maximum Gasteiger partial charge on any atom is 0.411 e. The molecule has 206 valence electrons. The Morgan fingerprint density at radius 3 is 2.90 bits per heavy atom. The molecule has 1 aliphatic heterocycles. The van der Waals surface area contributed by atoms with Gasteiger partial charge in [-0.05, 0) is 43.1 Å². The second kappa shape index (κ2) is 11.3. The van der Waals surface area contributed by atoms with Gasteiger partial charge in [-0.15, -0.1) is 0 Å². The van der Waals surface area contributed by atoms with Crippen LogP contribution >= 0.6 is 0 Å². The number of nitrogens with zero attached hydrogens (tertiary/aromatic N) is 5. The van der Waals surface area contributed by atoms with Gasteiger partial charge in [-0.1, -0.05) is 37.3 Å². The van der Waals surface area contributed by atoms with Crippen LogP contribution in [0.1, 0.15) is 30.9 Å². The Kier molecular flexibility index (Phi) is 7.30. The van der Waals surface area contributed by atoms with E-state index in [1.165, 1.54) is 11.9 Å². The van der Waals surface area contributed by atoms with E-state index in [0.29, 0.717) is 43.9 Å². The molecule has 1 unspecified atom stereocenters. The largest absolute Gasteiger partial charge is 0.446 e. The molecule has 1 amide bonds. The molecule has 2 aromatic carbocycles. The molecule has 11 heteroatoms. The molecule has 1 fully saturated rings. The number of rotatable bonds is 8. The van der Waals surface area contributed by atoms with Crippen LogP contribution in [0.2, 0.25) is 0 Å². The van der Waals surface area contributed by atoms with Gasteiger partial charge in [-0.3, -0.25) is 10.00 Å². The smallest absolute Gasteiger partial charge is 0.411 e. The van der Waals surface area contributed by atoms with E-state index in [0.717, 1.165) is 27.7 Å². The third kappa shape index (κ3) is 5.33. The number of carbonyl (C=O) groups excluding carboxylic acids is 1. The Morgan fingerprint density at radius 2 is 2.08 bits per heavy atom. The number of piperidine rings is 1. The van der Waals surface area contributed by atoms with E-state index in [2.05, 4.69) is 49.3 Å². The van der Waals surface area contributed by atoms with E-state index in [1.54, 1.807) is 10.7 Å². The average molecular weight is 541 g/mol. The van der Waals surface area contributed by atoms with Gasteiger partial charge in [-0.25, -0.2) is 14.3 Å². The summed E-state index contributed by atoms with van der Waals surface area (Å²) in [6.45, 7) is 3.44. The minimum absolute atomic E-state index is 0.0176. The van der Waals surface area contributed by atoms with Crippen molar-refractivity contribution in [3.63, 3.8) is 0 Å². The van der Waals surface area contributed by atoms with Crippen molar-refractivity contribution < 1.29 is 14.6 Å². The Hall–Kier alpha value is -4.48. The van der Waals surface area contributed by atoms with Gasteiger partial charge in [0.05, 0.1) is 36.7 Å². The summed E-state index contributed by atoms with van der Waals surface area (Å²) >= 11 is 0. The zero-order chi connectivity index (χ0) is 27.5. The number of hydrogen-bond donors (Lipinski definition) is 4. The second-order valence-electron chi connectivity index (χ2n) is 9.97. The van der Waals surface area contributed by atoms with Crippen LogP contribution in [0.4, 0.5) is 22.0 Å². The van der Waals surface area contributed by atoms with Crippen LogP contribution in [0, 0.1) is 0 Å². The summed E-state index contributed by atoms with van der Waals surface area (Å²) in [5.41, 5.74) is 5.41. The summed E-state index contributed by atoms with van der Waals surface area (Å²) in [4.78, 5) is 17.3.